The molecular formula is C18H54Ge2MgSi6. The third-order valence-electron chi connectivity index (χ3n) is 0. The van der Waals surface area contributed by atoms with E-state index in [1.807, 2.05) is 0 Å². The maximum absolute atomic E-state index is 2.27. The average molecular weight is 609 g/mol. The first-order valence-electron chi connectivity index (χ1n) is 9.00. The quantitative estimate of drug-likeness (QED) is 0.258. The molecule has 0 saturated heterocycles. The van der Waals surface area contributed by atoms with Gasteiger partial charge >= 0.3 is 0 Å². The maximum Gasteiger partial charge on any atom is 0.0379 e. The Labute approximate surface area is 226 Å². The Balaban J connectivity index is -0.0000000201. The minimum atomic E-state index is 0. The summed E-state index contributed by atoms with van der Waals surface area (Å²) in [5.41, 5.74) is 0. The molecule has 0 N–H and O–H groups in total. The van der Waals surface area contributed by atoms with Crippen LogP contribution in [-0.4, -0.2) is 111 Å². The Kier molecular flexibility index (Phi) is 110. The number of hydrogen-bond acceptors (Lipinski definition) is 0. The molecule has 9 heteroatoms. The monoisotopic (exact) mass is 610 g/mol. The van der Waals surface area contributed by atoms with Gasteiger partial charge in [0.2, 0.25) is 0 Å². The zero-order chi connectivity index (χ0) is 21.5. The number of rotatable bonds is 0. The summed E-state index contributed by atoms with van der Waals surface area (Å²) >= 11 is 0. The van der Waals surface area contributed by atoms with Gasteiger partial charge in [-0.2, -0.15) is 0 Å². The third-order valence-corrected chi connectivity index (χ3v) is 0. The Hall–Kier alpha value is 3.15. The van der Waals surface area contributed by atoms with Crippen molar-refractivity contribution in [3.05, 3.63) is 0 Å². The first kappa shape index (κ1) is 57.3. The van der Waals surface area contributed by atoms with Gasteiger partial charge in [-0.1, -0.05) is 118 Å². The van der Waals surface area contributed by atoms with E-state index >= 15 is 0 Å². The molecule has 0 rings (SSSR count). The summed E-state index contributed by atoms with van der Waals surface area (Å²) in [5, 5.41) is 0. The Morgan fingerprint density at radius 2 is 0.222 bits per heavy atom. The number of hydrogen-bond donors (Lipinski definition) is 0. The van der Waals surface area contributed by atoms with Gasteiger partial charge in [-0.3, -0.25) is 0 Å². The van der Waals surface area contributed by atoms with Gasteiger partial charge in [0.15, 0.2) is 0 Å². The standard InChI is InChI=1S/6C3H9Si.2Ge.Mg/c6*1-4(2)3;;;/h6*1-3H3;;;. The molecule has 0 aromatic heterocycles. The van der Waals surface area contributed by atoms with E-state index in [1.165, 1.54) is 0 Å². The second-order valence-corrected chi connectivity index (χ2v) is 27.0. The summed E-state index contributed by atoms with van der Waals surface area (Å²) in [6.07, 6.45) is 0. The van der Waals surface area contributed by atoms with Gasteiger partial charge in [0.05, 0.1) is 0 Å². The molecular weight excluding hydrogens is 554 g/mol. The van der Waals surface area contributed by atoms with Crippen LogP contribution in [0.3, 0.4) is 0 Å². The fourth-order valence-electron chi connectivity index (χ4n) is 0. The summed E-state index contributed by atoms with van der Waals surface area (Å²) in [4.78, 5) is 0. The molecule has 16 radical (unpaired) electrons. The second-order valence-electron chi connectivity index (χ2n) is 9.00. The van der Waals surface area contributed by atoms with E-state index < -0.39 is 0 Å². The fourth-order valence-corrected chi connectivity index (χ4v) is 0. The molecule has 0 atom stereocenters. The van der Waals surface area contributed by atoms with Crippen molar-refractivity contribution in [1.82, 2.24) is 0 Å². The van der Waals surface area contributed by atoms with Crippen LogP contribution in [0.4, 0.5) is 0 Å². The van der Waals surface area contributed by atoms with Crippen LogP contribution in [0.5, 0.6) is 0 Å². The molecule has 160 valence electrons. The Morgan fingerprint density at radius 1 is 0.222 bits per heavy atom. The molecule has 0 bridgehead atoms. The van der Waals surface area contributed by atoms with Gasteiger partial charge in [0.1, 0.15) is 0 Å². The fraction of sp³-hybridized carbons (Fsp3) is 1.00. The van der Waals surface area contributed by atoms with E-state index in [4.69, 9.17) is 0 Å². The molecule has 0 nitrogen and oxygen atoms in total. The van der Waals surface area contributed by atoms with E-state index in [9.17, 15) is 0 Å². The van der Waals surface area contributed by atoms with Crippen molar-refractivity contribution < 1.29 is 0 Å². The summed E-state index contributed by atoms with van der Waals surface area (Å²) < 4.78 is 0. The Bertz CT molecular complexity index is 111. The Morgan fingerprint density at radius 3 is 0.222 bits per heavy atom. The molecule has 0 saturated carbocycles. The first-order chi connectivity index (χ1) is 10.4. The SMILES string of the molecule is C[Si](C)C.C[Si](C)C.C[Si](C)C.C[Si](C)C.C[Si](C)C.C[Si](C)C.[Ge].[Ge].[Mg]. The van der Waals surface area contributed by atoms with Gasteiger partial charge in [-0.05, 0) is 0 Å². The van der Waals surface area contributed by atoms with Gasteiger partial charge in [0, 0.05) is 111 Å². The van der Waals surface area contributed by atoms with Crippen LogP contribution in [0, 0.1) is 0 Å². The van der Waals surface area contributed by atoms with Crippen molar-refractivity contribution in [2.24, 2.45) is 0 Å². The van der Waals surface area contributed by atoms with Gasteiger partial charge in [-0.25, -0.2) is 0 Å². The summed E-state index contributed by atoms with van der Waals surface area (Å²) in [6, 6.07) is 0. The summed E-state index contributed by atoms with van der Waals surface area (Å²) in [7, 11) is 0.722. The van der Waals surface area contributed by atoms with Crippen LogP contribution in [0.2, 0.25) is 118 Å². The van der Waals surface area contributed by atoms with Gasteiger partial charge in [0.25, 0.3) is 0 Å². The van der Waals surface area contributed by atoms with E-state index in [2.05, 4.69) is 118 Å². The maximum atomic E-state index is 2.27. The normalized spacial score (nSPS) is 8.00. The molecule has 0 heterocycles. The summed E-state index contributed by atoms with van der Waals surface area (Å²) in [6.45, 7) is 40.8. The van der Waals surface area contributed by atoms with Crippen LogP contribution in [0.15, 0.2) is 0 Å². The van der Waals surface area contributed by atoms with Crippen molar-refractivity contribution in [3.8, 4) is 0 Å². The molecule has 0 aliphatic carbocycles. The predicted octanol–water partition coefficient (Wildman–Crippen LogP) is 7.08. The predicted molar refractivity (Wildman–Crippen MR) is 157 cm³/mol. The molecule has 0 aromatic carbocycles. The smallest absolute Gasteiger partial charge is 0.0379 e. The van der Waals surface area contributed by atoms with Crippen molar-refractivity contribution in [2.45, 2.75) is 118 Å². The van der Waals surface area contributed by atoms with Crippen molar-refractivity contribution in [2.75, 3.05) is 0 Å². The molecule has 0 spiro atoms. The van der Waals surface area contributed by atoms with Crippen molar-refractivity contribution in [3.63, 3.8) is 0 Å². The van der Waals surface area contributed by atoms with Crippen LogP contribution < -0.4 is 0 Å². The zero-order valence-electron chi connectivity index (χ0n) is 22.7. The molecule has 27 heavy (non-hydrogen) atoms. The molecule has 0 unspecified atom stereocenters. The van der Waals surface area contributed by atoms with Gasteiger partial charge < -0.3 is 0 Å². The van der Waals surface area contributed by atoms with Crippen molar-refractivity contribution >= 4 is 111 Å². The molecule has 0 aliphatic rings. The van der Waals surface area contributed by atoms with Gasteiger partial charge in [-0.15, -0.1) is 0 Å². The largest absolute Gasteiger partial charge is 0.0715 e. The van der Waals surface area contributed by atoms with Crippen LogP contribution in [0.1, 0.15) is 0 Å². The van der Waals surface area contributed by atoms with E-state index in [1.54, 1.807) is 0 Å². The van der Waals surface area contributed by atoms with E-state index in [0.717, 1.165) is 0 Å². The minimum Gasteiger partial charge on any atom is -0.0715 e. The second kappa shape index (κ2) is 51.6. The molecule has 0 aliphatic heterocycles. The van der Waals surface area contributed by atoms with Crippen LogP contribution in [0.25, 0.3) is 0 Å². The van der Waals surface area contributed by atoms with E-state index in [-0.39, 0.29) is 111 Å². The molecule has 0 fully saturated rings. The van der Waals surface area contributed by atoms with Crippen LogP contribution >= 0.6 is 0 Å². The molecule has 0 aromatic rings. The van der Waals surface area contributed by atoms with E-state index in [0.29, 0.717) is 0 Å². The molecule has 0 amide bonds. The minimum absolute atomic E-state index is 0. The first-order valence-corrected chi connectivity index (χ1v) is 27.0. The average Bonchev–Trinajstić information content (AvgIpc) is 2.08. The topological polar surface area (TPSA) is 0 Å². The third kappa shape index (κ3) is 2160. The zero-order valence-corrected chi connectivity index (χ0v) is 34.3. The van der Waals surface area contributed by atoms with Crippen LogP contribution in [-0.2, 0) is 0 Å². The summed E-state index contributed by atoms with van der Waals surface area (Å²) in [5.74, 6) is 0. The van der Waals surface area contributed by atoms with Crippen molar-refractivity contribution in [1.29, 1.82) is 0 Å².